The maximum atomic E-state index is 12.8. The Bertz CT molecular complexity index is 978. The molecule has 1 aliphatic heterocycles. The molecule has 0 saturated carbocycles. The summed E-state index contributed by atoms with van der Waals surface area (Å²) in [5.41, 5.74) is 0.0450. The first-order valence-electron chi connectivity index (χ1n) is 11.4. The van der Waals surface area contributed by atoms with E-state index in [4.69, 9.17) is 9.47 Å². The Morgan fingerprint density at radius 2 is 1.94 bits per heavy atom. The van der Waals surface area contributed by atoms with E-state index in [0.717, 1.165) is 30.7 Å². The highest BCUT2D eigenvalue weighted by Crippen LogP contribution is 2.30. The smallest absolute Gasteiger partial charge is 0.417 e. The molecule has 0 radical (unpaired) electrons. The van der Waals surface area contributed by atoms with Crippen LogP contribution in [-0.4, -0.2) is 55.7 Å². The number of hydrogen-bond acceptors (Lipinski definition) is 5. The van der Waals surface area contributed by atoms with Gasteiger partial charge in [0.2, 0.25) is 5.91 Å². The Kier molecular flexibility index (Phi) is 8.79. The van der Waals surface area contributed by atoms with Crippen molar-refractivity contribution in [3.63, 3.8) is 0 Å². The lowest BCUT2D eigenvalue weighted by molar-refractivity contribution is -0.137. The molecule has 6 nitrogen and oxygen atoms in total. The number of hydrogen-bond donors (Lipinski definition) is 0. The largest absolute Gasteiger partial charge is 0.493 e. The van der Waals surface area contributed by atoms with Crippen LogP contribution in [0.25, 0.3) is 6.08 Å². The van der Waals surface area contributed by atoms with Gasteiger partial charge in [0.05, 0.1) is 19.3 Å². The monoisotopic (exact) mass is 477 g/mol. The summed E-state index contributed by atoms with van der Waals surface area (Å²) in [6, 6.07) is 7.94. The second kappa shape index (κ2) is 11.8. The van der Waals surface area contributed by atoms with E-state index in [9.17, 15) is 18.0 Å². The number of ether oxygens (including phenoxy) is 2. The number of pyridine rings is 1. The molecule has 0 N–H and O–H groups in total. The van der Waals surface area contributed by atoms with Crippen LogP contribution in [-0.2, 0) is 11.0 Å². The number of carbonyl (C=O) groups is 1. The first-order chi connectivity index (χ1) is 16.3. The zero-order chi connectivity index (χ0) is 24.6. The highest BCUT2D eigenvalue weighted by Gasteiger charge is 2.31. The summed E-state index contributed by atoms with van der Waals surface area (Å²) in [5, 5.41) is 0. The van der Waals surface area contributed by atoms with Gasteiger partial charge in [-0.25, -0.2) is 4.98 Å². The van der Waals surface area contributed by atoms with Gasteiger partial charge in [-0.05, 0) is 48.7 Å². The van der Waals surface area contributed by atoms with Crippen molar-refractivity contribution in [1.29, 1.82) is 0 Å². The molecule has 0 aliphatic carbocycles. The average Bonchev–Trinajstić information content (AvgIpc) is 3.09. The molecule has 2 heterocycles. The fraction of sp³-hybridized carbons (Fsp3) is 0.440. The predicted molar refractivity (Wildman–Crippen MR) is 125 cm³/mol. The summed E-state index contributed by atoms with van der Waals surface area (Å²) in [7, 11) is 1.58. The van der Waals surface area contributed by atoms with E-state index in [-0.39, 0.29) is 5.91 Å². The minimum absolute atomic E-state index is 0.121. The van der Waals surface area contributed by atoms with Crippen LogP contribution < -0.4 is 14.4 Å². The van der Waals surface area contributed by atoms with E-state index < -0.39 is 11.7 Å². The standard InChI is InChI=1S/C25H30F3N3O3/c1-3-4-16-34-21-9-6-19(17-22(21)33-2)7-11-24(32)31-13-5-12-30(14-15-31)23-10-8-20(18-29-23)25(26,27)28/h6-11,17-18H,3-5,12-16H2,1-2H3/b11-7+. The van der Waals surface area contributed by atoms with Crippen molar-refractivity contribution in [1.82, 2.24) is 9.88 Å². The van der Waals surface area contributed by atoms with Crippen LogP contribution in [0.5, 0.6) is 11.5 Å². The van der Waals surface area contributed by atoms with Gasteiger partial charge in [0.25, 0.3) is 0 Å². The van der Waals surface area contributed by atoms with Gasteiger partial charge in [-0.1, -0.05) is 19.4 Å². The van der Waals surface area contributed by atoms with Crippen molar-refractivity contribution in [3.8, 4) is 11.5 Å². The molecule has 34 heavy (non-hydrogen) atoms. The van der Waals surface area contributed by atoms with Gasteiger partial charge in [-0.15, -0.1) is 0 Å². The molecule has 9 heteroatoms. The van der Waals surface area contributed by atoms with E-state index in [0.29, 0.717) is 56.5 Å². The quantitative estimate of drug-likeness (QED) is 0.394. The van der Waals surface area contributed by atoms with Gasteiger partial charge < -0.3 is 19.3 Å². The van der Waals surface area contributed by atoms with E-state index in [2.05, 4.69) is 11.9 Å². The van der Waals surface area contributed by atoms with Gasteiger partial charge in [0.1, 0.15) is 5.82 Å². The number of methoxy groups -OCH3 is 1. The van der Waals surface area contributed by atoms with E-state index >= 15 is 0 Å². The maximum absolute atomic E-state index is 12.8. The predicted octanol–water partition coefficient (Wildman–Crippen LogP) is 5.04. The fourth-order valence-electron chi connectivity index (χ4n) is 3.61. The van der Waals surface area contributed by atoms with E-state index in [1.807, 2.05) is 23.1 Å². The third-order valence-corrected chi connectivity index (χ3v) is 5.57. The van der Waals surface area contributed by atoms with Crippen molar-refractivity contribution in [2.75, 3.05) is 44.8 Å². The molecule has 0 spiro atoms. The van der Waals surface area contributed by atoms with Crippen molar-refractivity contribution >= 4 is 17.8 Å². The second-order valence-electron chi connectivity index (χ2n) is 8.01. The summed E-state index contributed by atoms with van der Waals surface area (Å²) >= 11 is 0. The number of unbranched alkanes of at least 4 members (excludes halogenated alkanes) is 1. The third kappa shape index (κ3) is 6.88. The molecule has 1 fully saturated rings. The molecule has 0 bridgehead atoms. The SMILES string of the molecule is CCCCOc1ccc(/C=C/C(=O)N2CCCN(c3ccc(C(F)(F)F)cn3)CC2)cc1OC. The number of rotatable bonds is 8. The Morgan fingerprint density at radius 3 is 2.62 bits per heavy atom. The van der Waals surface area contributed by atoms with Gasteiger partial charge in [0.15, 0.2) is 11.5 Å². The summed E-state index contributed by atoms with van der Waals surface area (Å²) < 4.78 is 49.5. The maximum Gasteiger partial charge on any atom is 0.417 e. The lowest BCUT2D eigenvalue weighted by atomic mass is 10.2. The summed E-state index contributed by atoms with van der Waals surface area (Å²) in [5.74, 6) is 1.64. The minimum atomic E-state index is -4.41. The highest BCUT2D eigenvalue weighted by molar-refractivity contribution is 5.92. The number of amides is 1. The van der Waals surface area contributed by atoms with Gasteiger partial charge in [-0.2, -0.15) is 13.2 Å². The van der Waals surface area contributed by atoms with Crippen molar-refractivity contribution < 1.29 is 27.4 Å². The van der Waals surface area contributed by atoms with Crippen LogP contribution in [0.3, 0.4) is 0 Å². The van der Waals surface area contributed by atoms with Gasteiger partial charge in [0, 0.05) is 38.5 Å². The Morgan fingerprint density at radius 1 is 1.12 bits per heavy atom. The van der Waals surface area contributed by atoms with Gasteiger partial charge >= 0.3 is 6.18 Å². The van der Waals surface area contributed by atoms with Crippen molar-refractivity contribution in [2.24, 2.45) is 0 Å². The molecule has 1 aromatic heterocycles. The van der Waals surface area contributed by atoms with Crippen LogP contribution >= 0.6 is 0 Å². The normalized spacial score (nSPS) is 14.9. The third-order valence-electron chi connectivity index (χ3n) is 5.57. The molecule has 1 aliphatic rings. The molecular weight excluding hydrogens is 447 g/mol. The lowest BCUT2D eigenvalue weighted by Gasteiger charge is -2.22. The summed E-state index contributed by atoms with van der Waals surface area (Å²) in [4.78, 5) is 20.4. The van der Waals surface area contributed by atoms with E-state index in [1.165, 1.54) is 12.1 Å². The fourth-order valence-corrected chi connectivity index (χ4v) is 3.61. The first-order valence-corrected chi connectivity index (χ1v) is 11.4. The second-order valence-corrected chi connectivity index (χ2v) is 8.01. The Balaban J connectivity index is 1.58. The molecule has 1 amide bonds. The number of aromatic nitrogens is 1. The number of alkyl halides is 3. The van der Waals surface area contributed by atoms with Crippen LogP contribution in [0.15, 0.2) is 42.6 Å². The topological polar surface area (TPSA) is 54.9 Å². The highest BCUT2D eigenvalue weighted by atomic mass is 19.4. The lowest BCUT2D eigenvalue weighted by Crippen LogP contribution is -2.34. The number of nitrogens with zero attached hydrogens (tertiary/aromatic N) is 3. The summed E-state index contributed by atoms with van der Waals surface area (Å²) in [6.07, 6.45) is 2.40. The first kappa shape index (κ1) is 25.4. The van der Waals surface area contributed by atoms with Crippen molar-refractivity contribution in [3.05, 3.63) is 53.7 Å². The number of halogens is 3. The number of carbonyl (C=O) groups excluding carboxylic acids is 1. The average molecular weight is 478 g/mol. The molecule has 184 valence electrons. The number of anilines is 1. The van der Waals surface area contributed by atoms with E-state index in [1.54, 1.807) is 18.1 Å². The van der Waals surface area contributed by atoms with Crippen LogP contribution in [0, 0.1) is 0 Å². The van der Waals surface area contributed by atoms with Crippen LogP contribution in [0.2, 0.25) is 0 Å². The Labute approximate surface area is 198 Å². The molecule has 0 unspecified atom stereocenters. The van der Waals surface area contributed by atoms with Crippen LogP contribution in [0.4, 0.5) is 19.0 Å². The zero-order valence-electron chi connectivity index (χ0n) is 19.5. The molecule has 1 saturated heterocycles. The van der Waals surface area contributed by atoms with Gasteiger partial charge in [-0.3, -0.25) is 4.79 Å². The Hall–Kier alpha value is -3.23. The van der Waals surface area contributed by atoms with Crippen molar-refractivity contribution in [2.45, 2.75) is 32.4 Å². The summed E-state index contributed by atoms with van der Waals surface area (Å²) in [6.45, 7) is 4.85. The zero-order valence-corrected chi connectivity index (χ0v) is 19.5. The molecular formula is C25H30F3N3O3. The number of benzene rings is 1. The molecule has 3 rings (SSSR count). The molecule has 1 aromatic carbocycles. The molecule has 0 atom stereocenters. The van der Waals surface area contributed by atoms with Crippen LogP contribution in [0.1, 0.15) is 37.3 Å². The molecule has 2 aromatic rings. The minimum Gasteiger partial charge on any atom is -0.493 e.